The molecule has 8 heteroatoms. The van der Waals surface area contributed by atoms with Crippen LogP contribution in [0.1, 0.15) is 31.1 Å². The zero-order valence-corrected chi connectivity index (χ0v) is 20.1. The predicted octanol–water partition coefficient (Wildman–Crippen LogP) is 7.35. The highest BCUT2D eigenvalue weighted by atomic mass is 32.1. The highest BCUT2D eigenvalue weighted by molar-refractivity contribution is 7.23. The highest BCUT2D eigenvalue weighted by Gasteiger charge is 2.21. The van der Waals surface area contributed by atoms with Crippen molar-refractivity contribution in [1.29, 1.82) is 0 Å². The highest BCUT2D eigenvalue weighted by Crippen LogP contribution is 2.41. The molecule has 0 saturated carbocycles. The number of thiazole rings is 2. The SMILES string of the molecule is Cc1onc(-c2ccccc2)c1-c1csc(-c2sc(Nc3ccc(C(C)C)cc3)nc2N)n1. The fourth-order valence-corrected chi connectivity index (χ4v) is 5.39. The molecule has 0 fully saturated rings. The minimum Gasteiger partial charge on any atom is -0.382 e. The van der Waals surface area contributed by atoms with E-state index in [0.717, 1.165) is 49.0 Å². The van der Waals surface area contributed by atoms with E-state index in [9.17, 15) is 0 Å². The first-order chi connectivity index (χ1) is 16.0. The summed E-state index contributed by atoms with van der Waals surface area (Å²) in [5, 5.41) is 11.2. The van der Waals surface area contributed by atoms with E-state index < -0.39 is 0 Å². The van der Waals surface area contributed by atoms with Gasteiger partial charge in [-0.1, -0.05) is 72.8 Å². The Kier molecular flexibility index (Phi) is 5.70. The monoisotopic (exact) mass is 473 g/mol. The number of aromatic nitrogens is 3. The van der Waals surface area contributed by atoms with Crippen molar-refractivity contribution in [1.82, 2.24) is 15.1 Å². The number of nitrogens with one attached hydrogen (secondary N) is 1. The van der Waals surface area contributed by atoms with Gasteiger partial charge in [-0.15, -0.1) is 11.3 Å². The molecule has 0 bridgehead atoms. The normalized spacial score (nSPS) is 11.3. The summed E-state index contributed by atoms with van der Waals surface area (Å²) >= 11 is 3.03. The number of nitrogens with two attached hydrogens (primary N) is 1. The summed E-state index contributed by atoms with van der Waals surface area (Å²) in [5.41, 5.74) is 12.0. The van der Waals surface area contributed by atoms with Crippen molar-refractivity contribution in [3.05, 3.63) is 71.3 Å². The van der Waals surface area contributed by atoms with Crippen LogP contribution in [0.4, 0.5) is 16.6 Å². The van der Waals surface area contributed by atoms with Gasteiger partial charge >= 0.3 is 0 Å². The third-order valence-corrected chi connectivity index (χ3v) is 7.33. The summed E-state index contributed by atoms with van der Waals surface area (Å²) in [6.07, 6.45) is 0. The lowest BCUT2D eigenvalue weighted by atomic mass is 10.0. The van der Waals surface area contributed by atoms with Crippen LogP contribution in [0, 0.1) is 6.92 Å². The van der Waals surface area contributed by atoms with Gasteiger partial charge in [0, 0.05) is 16.6 Å². The number of hydrogen-bond donors (Lipinski definition) is 2. The van der Waals surface area contributed by atoms with Gasteiger partial charge < -0.3 is 15.6 Å². The molecule has 3 aromatic heterocycles. The van der Waals surface area contributed by atoms with E-state index in [-0.39, 0.29) is 0 Å². The molecule has 0 aliphatic carbocycles. The summed E-state index contributed by atoms with van der Waals surface area (Å²) in [6.45, 7) is 6.27. The molecule has 3 heterocycles. The number of aryl methyl sites for hydroxylation is 1. The van der Waals surface area contributed by atoms with E-state index in [1.807, 2.05) is 42.6 Å². The Labute approximate surface area is 200 Å². The van der Waals surface area contributed by atoms with Gasteiger partial charge in [-0.05, 0) is 30.5 Å². The Morgan fingerprint density at radius 3 is 2.48 bits per heavy atom. The fraction of sp³-hybridized carbons (Fsp3) is 0.160. The van der Waals surface area contributed by atoms with Crippen LogP contribution in [0.25, 0.3) is 32.4 Å². The van der Waals surface area contributed by atoms with Gasteiger partial charge in [-0.25, -0.2) is 9.97 Å². The number of benzene rings is 2. The second-order valence-electron chi connectivity index (χ2n) is 8.00. The molecule has 5 aromatic rings. The van der Waals surface area contributed by atoms with Crippen LogP contribution in [-0.4, -0.2) is 15.1 Å². The molecular formula is C25H23N5OS2. The van der Waals surface area contributed by atoms with Crippen molar-refractivity contribution in [2.24, 2.45) is 0 Å². The van der Waals surface area contributed by atoms with Crippen LogP contribution in [0.3, 0.4) is 0 Å². The van der Waals surface area contributed by atoms with Crippen molar-refractivity contribution in [3.63, 3.8) is 0 Å². The predicted molar refractivity (Wildman–Crippen MR) is 137 cm³/mol. The molecule has 0 amide bonds. The van der Waals surface area contributed by atoms with Crippen molar-refractivity contribution in [2.75, 3.05) is 11.1 Å². The quantitative estimate of drug-likeness (QED) is 0.268. The minimum atomic E-state index is 0.465. The number of rotatable bonds is 6. The summed E-state index contributed by atoms with van der Waals surface area (Å²) in [6, 6.07) is 18.4. The Morgan fingerprint density at radius 2 is 1.76 bits per heavy atom. The van der Waals surface area contributed by atoms with Gasteiger partial charge in [0.1, 0.15) is 27.2 Å². The maximum Gasteiger partial charge on any atom is 0.189 e. The zero-order chi connectivity index (χ0) is 22.9. The summed E-state index contributed by atoms with van der Waals surface area (Å²) < 4.78 is 5.51. The number of hydrogen-bond acceptors (Lipinski definition) is 8. The Balaban J connectivity index is 1.42. The first-order valence-electron chi connectivity index (χ1n) is 10.6. The molecule has 0 atom stereocenters. The lowest BCUT2D eigenvalue weighted by Gasteiger charge is -2.07. The zero-order valence-electron chi connectivity index (χ0n) is 18.5. The van der Waals surface area contributed by atoms with E-state index in [4.69, 9.17) is 15.2 Å². The van der Waals surface area contributed by atoms with E-state index >= 15 is 0 Å². The number of nitrogens with zero attached hydrogens (tertiary/aromatic N) is 3. The average Bonchev–Trinajstić information content (AvgIpc) is 3.53. The standard InChI is InChI=1S/C25H23N5OS2/c1-14(2)16-9-11-18(12-10-16)27-25-29-23(26)22(33-25)24-28-19(13-32-24)20-15(3)31-30-21(20)17-7-5-4-6-8-17/h4-14H,26H2,1-3H3,(H,27,29). The average molecular weight is 474 g/mol. The second-order valence-corrected chi connectivity index (χ2v) is 9.86. The molecule has 0 unspecified atom stereocenters. The number of anilines is 3. The molecule has 5 rings (SSSR count). The first-order valence-corrected chi connectivity index (χ1v) is 12.3. The van der Waals surface area contributed by atoms with Crippen molar-refractivity contribution in [3.8, 4) is 32.4 Å². The summed E-state index contributed by atoms with van der Waals surface area (Å²) in [7, 11) is 0. The van der Waals surface area contributed by atoms with E-state index in [1.165, 1.54) is 28.2 Å². The topological polar surface area (TPSA) is 89.9 Å². The molecule has 6 nitrogen and oxygen atoms in total. The second kappa shape index (κ2) is 8.80. The molecule has 33 heavy (non-hydrogen) atoms. The molecule has 0 spiro atoms. The van der Waals surface area contributed by atoms with Crippen molar-refractivity contribution >= 4 is 39.3 Å². The third-order valence-electron chi connectivity index (χ3n) is 5.35. The Morgan fingerprint density at radius 1 is 1.00 bits per heavy atom. The molecule has 166 valence electrons. The van der Waals surface area contributed by atoms with Crippen LogP contribution >= 0.6 is 22.7 Å². The molecule has 0 saturated heterocycles. The van der Waals surface area contributed by atoms with E-state index in [2.05, 4.69) is 53.6 Å². The van der Waals surface area contributed by atoms with Crippen molar-refractivity contribution in [2.45, 2.75) is 26.7 Å². The number of nitrogen functional groups attached to an aromatic ring is 1. The van der Waals surface area contributed by atoms with Gasteiger partial charge in [0.15, 0.2) is 5.13 Å². The van der Waals surface area contributed by atoms with Gasteiger partial charge in [0.2, 0.25) is 0 Å². The van der Waals surface area contributed by atoms with Crippen molar-refractivity contribution < 1.29 is 4.52 Å². The van der Waals surface area contributed by atoms with Crippen LogP contribution in [0.15, 0.2) is 64.5 Å². The molecule has 2 aromatic carbocycles. The van der Waals surface area contributed by atoms with E-state index in [0.29, 0.717) is 11.7 Å². The van der Waals surface area contributed by atoms with Gasteiger partial charge in [0.25, 0.3) is 0 Å². The van der Waals surface area contributed by atoms with Gasteiger partial charge in [-0.2, -0.15) is 0 Å². The van der Waals surface area contributed by atoms with Gasteiger partial charge in [0.05, 0.1) is 11.3 Å². The van der Waals surface area contributed by atoms with Gasteiger partial charge in [-0.3, -0.25) is 0 Å². The Hall–Kier alpha value is -3.49. The maximum absolute atomic E-state index is 6.26. The maximum atomic E-state index is 6.26. The largest absolute Gasteiger partial charge is 0.382 e. The molecule has 0 aliphatic rings. The molecule has 3 N–H and O–H groups in total. The first kappa shape index (κ1) is 21.4. The third kappa shape index (κ3) is 4.27. The molecule has 0 radical (unpaired) electrons. The Bertz CT molecular complexity index is 1380. The summed E-state index contributed by atoms with van der Waals surface area (Å²) in [5.74, 6) is 1.69. The fourth-order valence-electron chi connectivity index (χ4n) is 3.57. The van der Waals surface area contributed by atoms with E-state index in [1.54, 1.807) is 0 Å². The van der Waals surface area contributed by atoms with Crippen LogP contribution in [0.2, 0.25) is 0 Å². The molecule has 0 aliphatic heterocycles. The molecular weight excluding hydrogens is 450 g/mol. The summed E-state index contributed by atoms with van der Waals surface area (Å²) in [4.78, 5) is 10.2. The van der Waals surface area contributed by atoms with Crippen LogP contribution in [0.5, 0.6) is 0 Å². The smallest absolute Gasteiger partial charge is 0.189 e. The lowest BCUT2D eigenvalue weighted by molar-refractivity contribution is 0.400. The minimum absolute atomic E-state index is 0.465. The lowest BCUT2D eigenvalue weighted by Crippen LogP contribution is -1.92. The van der Waals surface area contributed by atoms with Crippen LogP contribution in [-0.2, 0) is 0 Å². The van der Waals surface area contributed by atoms with Crippen LogP contribution < -0.4 is 11.1 Å².